The molecule has 3 heterocycles. The summed E-state index contributed by atoms with van der Waals surface area (Å²) in [4.78, 5) is 81.9. The zero-order valence-electron chi connectivity index (χ0n) is 30.9. The molecule has 0 aliphatic carbocycles. The van der Waals surface area contributed by atoms with Crippen molar-refractivity contribution in [3.05, 3.63) is 50.0 Å². The van der Waals surface area contributed by atoms with Crippen LogP contribution < -0.4 is 10.3 Å². The average molecular weight is 812 g/mol. The highest BCUT2D eigenvalue weighted by Crippen LogP contribution is 2.27. The number of piperazine rings is 1. The minimum atomic E-state index is -1.38. The number of ether oxygens (including phenoxy) is 3. The molecule has 19 nitrogen and oxygen atoms in total. The molecule has 3 amide bonds. The maximum Gasteiger partial charge on any atom is 0.516 e. The van der Waals surface area contributed by atoms with Crippen LogP contribution in [0.1, 0.15) is 24.2 Å². The Morgan fingerprint density at radius 1 is 1.02 bits per heavy atom. The molecule has 4 rings (SSSR count). The van der Waals surface area contributed by atoms with Gasteiger partial charge in [0.05, 0.1) is 11.2 Å². The van der Waals surface area contributed by atoms with E-state index in [9.17, 15) is 39.2 Å². The van der Waals surface area contributed by atoms with Gasteiger partial charge in [0.1, 0.15) is 29.5 Å². The number of rotatable bonds is 16. The Labute approximate surface area is 323 Å². The van der Waals surface area contributed by atoms with Gasteiger partial charge in [0.2, 0.25) is 11.6 Å². The molecule has 1 unspecified atom stereocenters. The van der Waals surface area contributed by atoms with Gasteiger partial charge in [-0.15, -0.1) is 4.58 Å². The Hall–Kier alpha value is -5.12. The number of carboxylic acids is 1. The predicted octanol–water partition coefficient (Wildman–Crippen LogP) is 2.75. The third-order valence-corrected chi connectivity index (χ3v) is 11.1. The second-order valence-electron chi connectivity index (χ2n) is 12.3. The lowest BCUT2D eigenvalue weighted by atomic mass is 10.1. The average Bonchev–Trinajstić information content (AvgIpc) is 3.54. The molecule has 1 aromatic carbocycles. The summed E-state index contributed by atoms with van der Waals surface area (Å²) in [5, 5.41) is 20.5. The smallest absolute Gasteiger partial charge is 0.477 e. The normalized spacial score (nSPS) is 15.3. The number of nitrogens with zero attached hydrogens (tertiary/aromatic N) is 8. The van der Waals surface area contributed by atoms with Gasteiger partial charge in [-0.05, 0) is 19.1 Å². The lowest BCUT2D eigenvalue weighted by Gasteiger charge is -2.35. The largest absolute Gasteiger partial charge is 0.516 e. The van der Waals surface area contributed by atoms with Gasteiger partial charge in [0.15, 0.2) is 19.4 Å². The molecule has 0 saturated carbocycles. The molecule has 0 radical (unpaired) electrons. The fraction of sp³-hybridized carbons (Fsp3) is 0.545. The highest BCUT2D eigenvalue weighted by Gasteiger charge is 2.34. The number of carbonyl (C=O) groups excluding carboxylic acids is 3. The van der Waals surface area contributed by atoms with Gasteiger partial charge >= 0.3 is 30.1 Å². The second kappa shape index (κ2) is 20.0. The number of aliphatic imine (C=N–C) groups is 1. The van der Waals surface area contributed by atoms with Crippen LogP contribution in [0.5, 0.6) is 0 Å². The highest BCUT2D eigenvalue weighted by molar-refractivity contribution is 8.76. The first kappa shape index (κ1) is 42.6. The number of aromatic carboxylic acids is 1. The zero-order chi connectivity index (χ0) is 40.2. The summed E-state index contributed by atoms with van der Waals surface area (Å²) < 4.78 is 34.1. The molecule has 0 spiro atoms. The second-order valence-corrected chi connectivity index (χ2v) is 15.0. The molecule has 2 aromatic rings. The van der Waals surface area contributed by atoms with Crippen LogP contribution in [-0.4, -0.2) is 168 Å². The fourth-order valence-electron chi connectivity index (χ4n) is 5.63. The van der Waals surface area contributed by atoms with Gasteiger partial charge in [0.25, 0.3) is 0 Å². The number of carbonyl (C=O) groups is 4. The van der Waals surface area contributed by atoms with Gasteiger partial charge < -0.3 is 43.5 Å². The summed E-state index contributed by atoms with van der Waals surface area (Å²) in [6.07, 6.45) is 0.322. The molecule has 55 heavy (non-hydrogen) atoms. The number of hydrogen-bond donors (Lipinski definition) is 1. The Kier molecular flexibility index (Phi) is 15.5. The molecule has 2 aliphatic heterocycles. The first-order valence-electron chi connectivity index (χ1n) is 17.3. The van der Waals surface area contributed by atoms with E-state index in [1.807, 2.05) is 0 Å². The summed E-state index contributed by atoms with van der Waals surface area (Å²) in [5.74, 6) is -1.20. The van der Waals surface area contributed by atoms with E-state index in [0.717, 1.165) is 6.07 Å². The zero-order valence-corrected chi connectivity index (χ0v) is 32.5. The standard InChI is InChI=1S/C33H43FN8O11S2/c1-5-38-21-24(30(44)45)29(43)23-18-25(34)27(19-26(23)38)39-8-10-40(11-9-39)33(48)53-15-17-55-54-16-14-52-32(47)37(4)7-6-36(3)31(46)51-13-12-41-22(2)35-20-28(41)42(49)50/h18-22H,5-17H2,1-4H3/p+1. The number of amidine groups is 1. The van der Waals surface area contributed by atoms with Gasteiger partial charge in [-0.3, -0.25) is 14.9 Å². The lowest BCUT2D eigenvalue weighted by molar-refractivity contribution is -0.594. The molecule has 0 bridgehead atoms. The molecular formula is C33H44FN8O11S2+. The molecule has 1 aromatic heterocycles. The number of aromatic nitrogens is 1. The number of anilines is 1. The van der Waals surface area contributed by atoms with Crippen molar-refractivity contribution < 1.29 is 52.4 Å². The van der Waals surface area contributed by atoms with Crippen LogP contribution >= 0.6 is 21.6 Å². The Bertz CT molecular complexity index is 1890. The number of benzene rings is 1. The van der Waals surface area contributed by atoms with Gasteiger partial charge in [-0.2, -0.15) is 0 Å². The topological polar surface area (TPSA) is 210 Å². The van der Waals surface area contributed by atoms with Crippen molar-refractivity contribution in [1.29, 1.82) is 0 Å². The molecule has 1 N–H and O–H groups in total. The monoisotopic (exact) mass is 811 g/mol. The Morgan fingerprint density at radius 2 is 1.62 bits per heavy atom. The highest BCUT2D eigenvalue weighted by atomic mass is 33.1. The third kappa shape index (κ3) is 11.2. The number of hydrogen-bond acceptors (Lipinski definition) is 14. The van der Waals surface area contributed by atoms with Crippen LogP contribution in [0.3, 0.4) is 0 Å². The third-order valence-electron chi connectivity index (χ3n) is 8.76. The van der Waals surface area contributed by atoms with E-state index >= 15 is 4.39 Å². The Morgan fingerprint density at radius 3 is 2.20 bits per heavy atom. The lowest BCUT2D eigenvalue weighted by Crippen LogP contribution is -2.49. The van der Waals surface area contributed by atoms with Gasteiger partial charge in [0, 0.05) is 89.9 Å². The van der Waals surface area contributed by atoms with Crippen molar-refractivity contribution >= 4 is 74.5 Å². The van der Waals surface area contributed by atoms with Crippen LogP contribution in [0.25, 0.3) is 10.9 Å². The van der Waals surface area contributed by atoms with E-state index in [0.29, 0.717) is 49.7 Å². The maximum atomic E-state index is 15.2. The SMILES string of the molecule is CCn1cc(C(=O)O)c(=O)c2cc(F)c(N3CCN(C(=O)OCCSSCCOC(=O)N(C)CCN(C)C(=O)OCC[N+]4=C([N+](=O)[O-])C=NC4C)CC3)cc21. The number of nitro groups is 1. The summed E-state index contributed by atoms with van der Waals surface area (Å²) in [7, 11) is 5.94. The molecule has 1 atom stereocenters. The van der Waals surface area contributed by atoms with Crippen LogP contribution in [0.4, 0.5) is 24.5 Å². The van der Waals surface area contributed by atoms with Crippen molar-refractivity contribution in [2.75, 3.05) is 96.1 Å². The van der Waals surface area contributed by atoms with E-state index in [4.69, 9.17) is 14.2 Å². The fourth-order valence-corrected chi connectivity index (χ4v) is 7.28. The number of aryl methyl sites for hydroxylation is 1. The van der Waals surface area contributed by atoms with Crippen molar-refractivity contribution in [3.63, 3.8) is 0 Å². The van der Waals surface area contributed by atoms with E-state index in [-0.39, 0.29) is 56.4 Å². The molecular weight excluding hydrogens is 768 g/mol. The number of amides is 3. The summed E-state index contributed by atoms with van der Waals surface area (Å²) in [6, 6.07) is 2.61. The van der Waals surface area contributed by atoms with Crippen LogP contribution in [0, 0.1) is 15.9 Å². The molecule has 22 heteroatoms. The van der Waals surface area contributed by atoms with Crippen molar-refractivity contribution in [1.82, 2.24) is 19.3 Å². The first-order valence-corrected chi connectivity index (χ1v) is 19.8. The minimum absolute atomic E-state index is 0.0116. The number of fused-ring (bicyclic) bond motifs is 1. The minimum Gasteiger partial charge on any atom is -0.477 e. The van der Waals surface area contributed by atoms with E-state index in [2.05, 4.69) is 4.99 Å². The quantitative estimate of drug-likeness (QED) is 0.0646. The number of likely N-dealkylation sites (N-methyl/N-ethyl adjacent to an activating group) is 2. The number of pyridine rings is 1. The van der Waals surface area contributed by atoms with Crippen LogP contribution in [-0.2, 0) is 20.8 Å². The maximum absolute atomic E-state index is 15.2. The molecule has 1 fully saturated rings. The van der Waals surface area contributed by atoms with Gasteiger partial charge in [-0.1, -0.05) is 21.6 Å². The Balaban J connectivity index is 1.06. The van der Waals surface area contributed by atoms with Crippen LogP contribution in [0.15, 0.2) is 28.1 Å². The van der Waals surface area contributed by atoms with Crippen molar-refractivity contribution in [2.45, 2.75) is 26.6 Å². The summed E-state index contributed by atoms with van der Waals surface area (Å²) in [6.45, 7) is 5.78. The first-order chi connectivity index (χ1) is 26.2. The predicted molar refractivity (Wildman–Crippen MR) is 204 cm³/mol. The molecule has 1 saturated heterocycles. The summed E-state index contributed by atoms with van der Waals surface area (Å²) >= 11 is 0. The van der Waals surface area contributed by atoms with E-state index in [1.54, 1.807) is 29.4 Å². The van der Waals surface area contributed by atoms with Gasteiger partial charge in [-0.25, -0.2) is 28.6 Å². The molecule has 300 valence electrons. The van der Waals surface area contributed by atoms with Crippen molar-refractivity contribution in [2.24, 2.45) is 4.99 Å². The summed E-state index contributed by atoms with van der Waals surface area (Å²) in [5.41, 5.74) is -0.491. The van der Waals surface area contributed by atoms with Crippen molar-refractivity contribution in [3.8, 4) is 0 Å². The molecule has 2 aliphatic rings. The van der Waals surface area contributed by atoms with E-state index < -0.39 is 52.1 Å². The number of carboxylic acid groups (broad SMARTS) is 1. The number of halogens is 1. The van der Waals surface area contributed by atoms with E-state index in [1.165, 1.54) is 67.4 Å². The van der Waals surface area contributed by atoms with Crippen LogP contribution in [0.2, 0.25) is 0 Å².